The van der Waals surface area contributed by atoms with Crippen LogP contribution in [0.1, 0.15) is 27.5 Å². The van der Waals surface area contributed by atoms with Gasteiger partial charge in [-0.2, -0.15) is 0 Å². The van der Waals surface area contributed by atoms with Crippen LogP contribution in [-0.2, 0) is 20.9 Å². The number of carboxylic acids is 1. The van der Waals surface area contributed by atoms with Gasteiger partial charge in [0.25, 0.3) is 5.91 Å². The molecule has 2 amide bonds. The molecule has 0 radical (unpaired) electrons. The fourth-order valence-corrected chi connectivity index (χ4v) is 3.75. The molecule has 3 aromatic rings. The van der Waals surface area contributed by atoms with E-state index in [1.54, 1.807) is 4.57 Å². The van der Waals surface area contributed by atoms with Crippen molar-refractivity contribution in [1.82, 2.24) is 20.3 Å². The molecule has 170 valence electrons. The molecule has 0 saturated heterocycles. The van der Waals surface area contributed by atoms with Crippen LogP contribution in [-0.4, -0.2) is 52.4 Å². The van der Waals surface area contributed by atoms with Crippen LogP contribution in [0.2, 0.25) is 0 Å². The van der Waals surface area contributed by atoms with Crippen molar-refractivity contribution < 1.29 is 29.1 Å². The summed E-state index contributed by atoms with van der Waals surface area (Å²) in [5.74, 6) is -1.89. The van der Waals surface area contributed by atoms with Crippen LogP contribution in [0.3, 0.4) is 0 Å². The molecule has 1 aliphatic rings. The highest BCUT2D eigenvalue weighted by Crippen LogP contribution is 2.44. The molecule has 0 bridgehead atoms. The third-order valence-corrected chi connectivity index (χ3v) is 5.21. The molecule has 1 aliphatic carbocycles. The third kappa shape index (κ3) is 5.18. The maximum atomic E-state index is 12.2. The van der Waals surface area contributed by atoms with Crippen molar-refractivity contribution in [3.05, 3.63) is 77.9 Å². The van der Waals surface area contributed by atoms with Gasteiger partial charge in [0, 0.05) is 25.2 Å². The number of carboxylic acid groups (broad SMARTS) is 1. The number of nitrogens with one attached hydrogen (secondary N) is 2. The normalized spacial score (nSPS) is 12.0. The predicted molar refractivity (Wildman–Crippen MR) is 116 cm³/mol. The Morgan fingerprint density at radius 3 is 2.36 bits per heavy atom. The summed E-state index contributed by atoms with van der Waals surface area (Å²) in [6.07, 6.45) is 2.35. The number of fused-ring (bicyclic) bond motifs is 3. The quantitative estimate of drug-likeness (QED) is 0.426. The number of hydroxylamine groups is 1. The van der Waals surface area contributed by atoms with Crippen molar-refractivity contribution in [3.63, 3.8) is 0 Å². The van der Waals surface area contributed by atoms with Crippen LogP contribution < -0.4 is 10.8 Å². The van der Waals surface area contributed by atoms with E-state index < -0.39 is 24.6 Å². The van der Waals surface area contributed by atoms with Crippen molar-refractivity contribution in [2.45, 2.75) is 12.5 Å². The van der Waals surface area contributed by atoms with Crippen LogP contribution in [0.5, 0.6) is 0 Å². The SMILES string of the molecule is O=C(O)CONC(=O)c1cn(CCNC(=O)OCC2c3ccccc3-c3ccccc32)cn1. The topological polar surface area (TPSA) is 132 Å². The molecule has 10 nitrogen and oxygen atoms in total. The van der Waals surface area contributed by atoms with E-state index in [4.69, 9.17) is 9.84 Å². The van der Waals surface area contributed by atoms with Crippen molar-refractivity contribution in [3.8, 4) is 11.1 Å². The summed E-state index contributed by atoms with van der Waals surface area (Å²) in [5, 5.41) is 11.2. The zero-order valence-electron chi connectivity index (χ0n) is 17.6. The number of hydrogen-bond acceptors (Lipinski definition) is 6. The van der Waals surface area contributed by atoms with Gasteiger partial charge < -0.3 is 19.7 Å². The Labute approximate surface area is 189 Å². The molecule has 0 fully saturated rings. The summed E-state index contributed by atoms with van der Waals surface area (Å²) in [7, 11) is 0. The largest absolute Gasteiger partial charge is 0.479 e. The number of ether oxygens (including phenoxy) is 1. The molecule has 1 aromatic heterocycles. The van der Waals surface area contributed by atoms with Crippen LogP contribution >= 0.6 is 0 Å². The minimum atomic E-state index is -1.21. The van der Waals surface area contributed by atoms with Crippen LogP contribution in [0.15, 0.2) is 61.1 Å². The van der Waals surface area contributed by atoms with Gasteiger partial charge in [0.05, 0.1) is 6.33 Å². The Morgan fingerprint density at radius 1 is 1.03 bits per heavy atom. The van der Waals surface area contributed by atoms with Crippen molar-refractivity contribution in [2.75, 3.05) is 19.8 Å². The highest BCUT2D eigenvalue weighted by Gasteiger charge is 2.28. The summed E-state index contributed by atoms with van der Waals surface area (Å²) < 4.78 is 7.09. The second-order valence-electron chi connectivity index (χ2n) is 7.36. The number of carbonyl (C=O) groups excluding carboxylic acids is 2. The summed E-state index contributed by atoms with van der Waals surface area (Å²) >= 11 is 0. The first-order valence-corrected chi connectivity index (χ1v) is 10.3. The smallest absolute Gasteiger partial charge is 0.407 e. The van der Waals surface area contributed by atoms with Crippen molar-refractivity contribution >= 4 is 18.0 Å². The second kappa shape index (κ2) is 9.96. The molecule has 10 heteroatoms. The lowest BCUT2D eigenvalue weighted by atomic mass is 9.98. The van der Waals surface area contributed by atoms with E-state index in [2.05, 4.69) is 39.4 Å². The van der Waals surface area contributed by atoms with Crippen LogP contribution in [0.25, 0.3) is 11.1 Å². The number of aromatic nitrogens is 2. The third-order valence-electron chi connectivity index (χ3n) is 5.21. The molecule has 0 aliphatic heterocycles. The van der Waals surface area contributed by atoms with E-state index in [-0.39, 0.29) is 24.8 Å². The van der Waals surface area contributed by atoms with E-state index in [9.17, 15) is 14.4 Å². The number of imidazole rings is 1. The Bertz CT molecular complexity index is 1130. The molecule has 0 spiro atoms. The van der Waals surface area contributed by atoms with E-state index >= 15 is 0 Å². The number of alkyl carbamates (subject to hydrolysis) is 1. The van der Waals surface area contributed by atoms with E-state index in [1.165, 1.54) is 12.5 Å². The average Bonchev–Trinajstić information content (AvgIpc) is 3.40. The number of benzene rings is 2. The fraction of sp³-hybridized carbons (Fsp3) is 0.217. The number of rotatable bonds is 9. The number of nitrogens with zero attached hydrogens (tertiary/aromatic N) is 2. The fourth-order valence-electron chi connectivity index (χ4n) is 3.75. The van der Waals surface area contributed by atoms with Gasteiger partial charge in [-0.15, -0.1) is 0 Å². The van der Waals surface area contributed by atoms with E-state index in [1.807, 2.05) is 29.7 Å². The Hall–Kier alpha value is -4.18. The van der Waals surface area contributed by atoms with Gasteiger partial charge in [-0.25, -0.2) is 20.1 Å². The number of hydrogen-bond donors (Lipinski definition) is 3. The van der Waals surface area contributed by atoms with Gasteiger partial charge in [0.15, 0.2) is 6.61 Å². The molecule has 0 atom stereocenters. The maximum Gasteiger partial charge on any atom is 0.407 e. The predicted octanol–water partition coefficient (Wildman–Crippen LogP) is 2.17. The van der Waals surface area contributed by atoms with Crippen LogP contribution in [0, 0.1) is 0 Å². The van der Waals surface area contributed by atoms with E-state index in [0.717, 1.165) is 22.3 Å². The molecule has 4 rings (SSSR count). The zero-order chi connectivity index (χ0) is 23.2. The minimum Gasteiger partial charge on any atom is -0.479 e. The molecular weight excluding hydrogens is 428 g/mol. The van der Waals surface area contributed by atoms with Gasteiger partial charge in [0.1, 0.15) is 12.3 Å². The molecular formula is C23H22N4O6. The zero-order valence-corrected chi connectivity index (χ0v) is 17.6. The molecule has 1 heterocycles. The Morgan fingerprint density at radius 2 is 1.70 bits per heavy atom. The number of carbonyl (C=O) groups is 3. The summed E-state index contributed by atoms with van der Waals surface area (Å²) in [5.41, 5.74) is 6.66. The summed E-state index contributed by atoms with van der Waals surface area (Å²) in [6, 6.07) is 16.2. The number of amides is 2. The van der Waals surface area contributed by atoms with Crippen molar-refractivity contribution in [1.29, 1.82) is 0 Å². The first-order valence-electron chi connectivity index (χ1n) is 10.3. The highest BCUT2D eigenvalue weighted by atomic mass is 16.7. The minimum absolute atomic E-state index is 0.0128. The molecule has 33 heavy (non-hydrogen) atoms. The van der Waals surface area contributed by atoms with Gasteiger partial charge in [-0.05, 0) is 22.3 Å². The monoisotopic (exact) mass is 450 g/mol. The van der Waals surface area contributed by atoms with Gasteiger partial charge in [-0.3, -0.25) is 9.63 Å². The number of aliphatic carboxylic acids is 1. The first-order chi connectivity index (χ1) is 16.0. The molecule has 3 N–H and O–H groups in total. The average molecular weight is 450 g/mol. The lowest BCUT2D eigenvalue weighted by Crippen LogP contribution is -2.29. The Balaban J connectivity index is 1.24. The lowest BCUT2D eigenvalue weighted by Gasteiger charge is -2.14. The Kier molecular flexibility index (Phi) is 6.65. The molecule has 2 aromatic carbocycles. The van der Waals surface area contributed by atoms with Crippen molar-refractivity contribution in [2.24, 2.45) is 0 Å². The van der Waals surface area contributed by atoms with E-state index in [0.29, 0.717) is 6.54 Å². The second-order valence-corrected chi connectivity index (χ2v) is 7.36. The lowest BCUT2D eigenvalue weighted by molar-refractivity contribution is -0.144. The standard InChI is InChI=1S/C23H22N4O6/c28-21(29)13-33-26-22(30)20-11-27(14-25-20)10-9-24-23(31)32-12-19-17-7-3-1-5-15(17)16-6-2-4-8-18(16)19/h1-8,11,14,19H,9-10,12-13H2,(H,24,31)(H,26,30)(H,28,29). The molecule has 0 saturated carbocycles. The molecule has 0 unspecified atom stereocenters. The van der Waals surface area contributed by atoms with Gasteiger partial charge in [0.2, 0.25) is 0 Å². The van der Waals surface area contributed by atoms with Gasteiger partial charge in [-0.1, -0.05) is 48.5 Å². The summed E-state index contributed by atoms with van der Waals surface area (Å²) in [6.45, 7) is 0.201. The highest BCUT2D eigenvalue weighted by molar-refractivity contribution is 5.91. The maximum absolute atomic E-state index is 12.2. The van der Waals surface area contributed by atoms with Gasteiger partial charge >= 0.3 is 12.1 Å². The summed E-state index contributed by atoms with van der Waals surface area (Å²) in [4.78, 5) is 42.9. The van der Waals surface area contributed by atoms with Crippen LogP contribution in [0.4, 0.5) is 4.79 Å². The first kappa shape index (κ1) is 22.0.